The van der Waals surface area contributed by atoms with Crippen LogP contribution < -0.4 is 10.6 Å². The van der Waals surface area contributed by atoms with Gasteiger partial charge in [0.1, 0.15) is 0 Å². The Bertz CT molecular complexity index is 512. The average Bonchev–Trinajstić information content (AvgIpc) is 2.94. The molecular weight excluding hydrogens is 248 g/mol. The van der Waals surface area contributed by atoms with Crippen LogP contribution in [0.25, 0.3) is 0 Å². The van der Waals surface area contributed by atoms with Gasteiger partial charge < -0.3 is 10.6 Å². The molecule has 2 aliphatic rings. The maximum Gasteiger partial charge on any atom is 0.230 e. The molecule has 1 aliphatic heterocycles. The fourth-order valence-corrected chi connectivity index (χ4v) is 3.76. The van der Waals surface area contributed by atoms with Gasteiger partial charge in [0, 0.05) is 18.2 Å². The van der Waals surface area contributed by atoms with Crippen LogP contribution in [0.3, 0.4) is 0 Å². The summed E-state index contributed by atoms with van der Waals surface area (Å²) in [6.07, 6.45) is 5.43. The minimum Gasteiger partial charge on any atom is -0.330 e. The zero-order valence-electron chi connectivity index (χ0n) is 12.3. The molecule has 0 radical (unpaired) electrons. The Hall–Kier alpha value is -1.35. The van der Waals surface area contributed by atoms with Gasteiger partial charge >= 0.3 is 0 Å². The summed E-state index contributed by atoms with van der Waals surface area (Å²) in [5, 5.41) is 0. The van der Waals surface area contributed by atoms with Crippen LogP contribution in [0.1, 0.15) is 36.8 Å². The van der Waals surface area contributed by atoms with Crippen molar-refractivity contribution >= 4 is 11.6 Å². The highest BCUT2D eigenvalue weighted by Crippen LogP contribution is 2.36. The zero-order chi connectivity index (χ0) is 14.1. The van der Waals surface area contributed by atoms with Crippen LogP contribution in [0.5, 0.6) is 0 Å². The first kappa shape index (κ1) is 13.6. The van der Waals surface area contributed by atoms with Gasteiger partial charge in [-0.15, -0.1) is 0 Å². The molecule has 0 unspecified atom stereocenters. The number of carbonyl (C=O) groups excluding carboxylic acids is 1. The molecule has 1 saturated carbocycles. The number of aryl methyl sites for hydroxylation is 2. The van der Waals surface area contributed by atoms with Gasteiger partial charge in [-0.2, -0.15) is 0 Å². The van der Waals surface area contributed by atoms with Gasteiger partial charge in [-0.1, -0.05) is 18.6 Å². The first-order valence-electron chi connectivity index (χ1n) is 7.81. The smallest absolute Gasteiger partial charge is 0.230 e. The van der Waals surface area contributed by atoms with Crippen LogP contribution >= 0.6 is 0 Å². The normalized spacial score (nSPS) is 25.6. The summed E-state index contributed by atoms with van der Waals surface area (Å²) in [7, 11) is 0. The Balaban J connectivity index is 1.88. The van der Waals surface area contributed by atoms with Crippen LogP contribution in [-0.4, -0.2) is 19.0 Å². The molecule has 1 aromatic rings. The van der Waals surface area contributed by atoms with Crippen LogP contribution in [0.15, 0.2) is 18.2 Å². The number of anilines is 1. The monoisotopic (exact) mass is 272 g/mol. The summed E-state index contributed by atoms with van der Waals surface area (Å²) in [6.45, 7) is 3.60. The molecule has 1 aliphatic carbocycles. The van der Waals surface area contributed by atoms with Gasteiger partial charge in [0.25, 0.3) is 0 Å². The van der Waals surface area contributed by atoms with Gasteiger partial charge in [0.2, 0.25) is 5.91 Å². The van der Waals surface area contributed by atoms with Gasteiger partial charge in [0.15, 0.2) is 0 Å². The van der Waals surface area contributed by atoms with Crippen molar-refractivity contribution in [3.63, 3.8) is 0 Å². The molecule has 20 heavy (non-hydrogen) atoms. The van der Waals surface area contributed by atoms with E-state index in [1.54, 1.807) is 0 Å². The summed E-state index contributed by atoms with van der Waals surface area (Å²) in [5.74, 6) is 0.841. The summed E-state index contributed by atoms with van der Waals surface area (Å²) in [6, 6.07) is 6.49. The first-order chi connectivity index (χ1) is 9.70. The van der Waals surface area contributed by atoms with Crippen molar-refractivity contribution in [1.82, 2.24) is 0 Å². The minimum atomic E-state index is 0.145. The van der Waals surface area contributed by atoms with Crippen molar-refractivity contribution < 1.29 is 4.79 Å². The van der Waals surface area contributed by atoms with Gasteiger partial charge in [0.05, 0.1) is 0 Å². The maximum absolute atomic E-state index is 12.9. The largest absolute Gasteiger partial charge is 0.330 e. The predicted molar refractivity (Wildman–Crippen MR) is 81.7 cm³/mol. The molecule has 3 rings (SSSR count). The average molecular weight is 272 g/mol. The molecule has 2 atom stereocenters. The number of fused-ring (bicyclic) bond motifs is 1. The topological polar surface area (TPSA) is 46.3 Å². The lowest BCUT2D eigenvalue weighted by Gasteiger charge is -2.33. The number of carbonyl (C=O) groups is 1. The second-order valence-corrected chi connectivity index (χ2v) is 6.26. The van der Waals surface area contributed by atoms with Crippen molar-refractivity contribution in [3.8, 4) is 0 Å². The standard InChI is InChI=1S/C17H24N2O/c1-12-7-8-13-5-3-9-19(16(13)10-12)17(20)15-6-2-4-14(15)11-18/h7-8,10,14-15H,2-6,9,11,18H2,1H3/t14-,15-/m1/s1. The molecule has 3 heteroatoms. The van der Waals surface area contributed by atoms with Crippen LogP contribution in [0, 0.1) is 18.8 Å². The summed E-state index contributed by atoms with van der Waals surface area (Å²) >= 11 is 0. The number of nitrogens with two attached hydrogens (primary N) is 1. The fourth-order valence-electron chi connectivity index (χ4n) is 3.76. The molecule has 3 nitrogen and oxygen atoms in total. The molecule has 1 heterocycles. The Morgan fingerprint density at radius 3 is 3.00 bits per heavy atom. The van der Waals surface area contributed by atoms with Gasteiger partial charge in [-0.3, -0.25) is 4.79 Å². The van der Waals surface area contributed by atoms with Crippen LogP contribution in [0.2, 0.25) is 0 Å². The summed E-state index contributed by atoms with van der Waals surface area (Å²) < 4.78 is 0. The first-order valence-corrected chi connectivity index (χ1v) is 7.81. The fraction of sp³-hybridized carbons (Fsp3) is 0.588. The third-order valence-corrected chi connectivity index (χ3v) is 4.90. The lowest BCUT2D eigenvalue weighted by Crippen LogP contribution is -2.41. The quantitative estimate of drug-likeness (QED) is 0.899. The number of amides is 1. The lowest BCUT2D eigenvalue weighted by atomic mass is 9.92. The molecule has 1 amide bonds. The molecule has 0 aromatic heterocycles. The third kappa shape index (κ3) is 2.35. The van der Waals surface area contributed by atoms with Crippen molar-refractivity contribution in [2.45, 2.75) is 39.0 Å². The number of rotatable bonds is 2. The molecule has 2 N–H and O–H groups in total. The Labute approximate surface area is 121 Å². The zero-order valence-corrected chi connectivity index (χ0v) is 12.3. The minimum absolute atomic E-state index is 0.145. The van der Waals surface area contributed by atoms with E-state index in [0.717, 1.165) is 44.3 Å². The van der Waals surface area contributed by atoms with Crippen molar-refractivity contribution in [2.75, 3.05) is 18.0 Å². The van der Waals surface area contributed by atoms with Crippen molar-refractivity contribution in [1.29, 1.82) is 0 Å². The maximum atomic E-state index is 12.9. The second-order valence-electron chi connectivity index (χ2n) is 6.26. The van der Waals surface area contributed by atoms with Gasteiger partial charge in [-0.25, -0.2) is 0 Å². The number of hydrogen-bond donors (Lipinski definition) is 1. The SMILES string of the molecule is Cc1ccc2c(c1)N(C(=O)[C@@H]1CCC[C@@H]1CN)CCC2. The molecule has 0 spiro atoms. The highest BCUT2D eigenvalue weighted by molar-refractivity contribution is 5.96. The number of nitrogens with zero attached hydrogens (tertiary/aromatic N) is 1. The molecule has 0 bridgehead atoms. The summed E-state index contributed by atoms with van der Waals surface area (Å²) in [4.78, 5) is 14.9. The highest BCUT2D eigenvalue weighted by Gasteiger charge is 2.36. The van der Waals surface area contributed by atoms with E-state index in [9.17, 15) is 4.79 Å². The molecular formula is C17H24N2O. The highest BCUT2D eigenvalue weighted by atomic mass is 16.2. The Morgan fingerprint density at radius 2 is 2.20 bits per heavy atom. The molecule has 1 fully saturated rings. The van der Waals surface area contributed by atoms with Gasteiger partial charge in [-0.05, 0) is 62.3 Å². The molecule has 1 aromatic carbocycles. The van der Waals surface area contributed by atoms with E-state index in [4.69, 9.17) is 5.73 Å². The van der Waals surface area contributed by atoms with Crippen LogP contribution in [0.4, 0.5) is 5.69 Å². The van der Waals surface area contributed by atoms with E-state index in [1.807, 2.05) is 4.90 Å². The Morgan fingerprint density at radius 1 is 1.35 bits per heavy atom. The molecule has 108 valence electrons. The van der Waals surface area contributed by atoms with Crippen molar-refractivity contribution in [3.05, 3.63) is 29.3 Å². The van der Waals surface area contributed by atoms with E-state index in [0.29, 0.717) is 18.4 Å². The van der Waals surface area contributed by atoms with E-state index >= 15 is 0 Å². The predicted octanol–water partition coefficient (Wildman–Crippen LogP) is 2.65. The Kier molecular flexibility index (Phi) is 3.79. The summed E-state index contributed by atoms with van der Waals surface area (Å²) in [5.41, 5.74) is 9.53. The van der Waals surface area contributed by atoms with E-state index < -0.39 is 0 Å². The lowest BCUT2D eigenvalue weighted by molar-refractivity contribution is -0.123. The van der Waals surface area contributed by atoms with Crippen LogP contribution in [-0.2, 0) is 11.2 Å². The third-order valence-electron chi connectivity index (χ3n) is 4.90. The van der Waals surface area contributed by atoms with E-state index in [-0.39, 0.29) is 5.92 Å². The van der Waals surface area contributed by atoms with Crippen molar-refractivity contribution in [2.24, 2.45) is 17.6 Å². The second kappa shape index (κ2) is 5.57. The van der Waals surface area contributed by atoms with E-state index in [1.165, 1.54) is 11.1 Å². The molecule has 0 saturated heterocycles. The van der Waals surface area contributed by atoms with E-state index in [2.05, 4.69) is 25.1 Å². The number of hydrogen-bond acceptors (Lipinski definition) is 2. The number of benzene rings is 1.